The minimum Gasteiger partial charge on any atom is -0.368 e. The molecule has 2 heterocycles. The van der Waals surface area contributed by atoms with E-state index >= 15 is 0 Å². The number of nitrogens with one attached hydrogen (secondary N) is 1. The Labute approximate surface area is 192 Å². The van der Waals surface area contributed by atoms with E-state index in [1.807, 2.05) is 18.2 Å². The molecule has 0 saturated carbocycles. The third kappa shape index (κ3) is 7.36. The van der Waals surface area contributed by atoms with Crippen molar-refractivity contribution < 1.29 is 13.2 Å². The fraction of sp³-hybridized carbons (Fsp3) is 0.632. The van der Waals surface area contributed by atoms with Crippen LogP contribution in [0.5, 0.6) is 0 Å². The molecule has 164 valence electrons. The molecule has 0 amide bonds. The number of rotatable bonds is 4. The highest BCUT2D eigenvalue weighted by atomic mass is 127. The normalized spacial score (nSPS) is 21.3. The second-order valence-electron chi connectivity index (χ2n) is 7.39. The van der Waals surface area contributed by atoms with Crippen molar-refractivity contribution in [3.63, 3.8) is 0 Å². The third-order valence-electron chi connectivity index (χ3n) is 5.29. The van der Waals surface area contributed by atoms with Crippen molar-refractivity contribution in [2.75, 3.05) is 64.3 Å². The zero-order valence-electron chi connectivity index (χ0n) is 16.5. The third-order valence-corrected chi connectivity index (χ3v) is 5.52. The van der Waals surface area contributed by atoms with Crippen LogP contribution in [0.3, 0.4) is 0 Å². The number of piperazine rings is 1. The molecule has 0 aliphatic carbocycles. The van der Waals surface area contributed by atoms with Crippen LogP contribution in [0.1, 0.15) is 6.42 Å². The number of alkyl halides is 3. The lowest BCUT2D eigenvalue weighted by molar-refractivity contribution is -0.143. The van der Waals surface area contributed by atoms with Gasteiger partial charge in [0.25, 0.3) is 0 Å². The molecule has 1 aromatic rings. The van der Waals surface area contributed by atoms with Crippen LogP contribution in [0.15, 0.2) is 29.3 Å². The van der Waals surface area contributed by atoms with E-state index in [0.29, 0.717) is 19.6 Å². The van der Waals surface area contributed by atoms with E-state index in [1.165, 1.54) is 4.90 Å². The van der Waals surface area contributed by atoms with Crippen LogP contribution < -0.4 is 10.2 Å². The number of benzene rings is 1. The Hall–Kier alpha value is -0.940. The molecule has 0 spiro atoms. The molecule has 2 aliphatic heterocycles. The van der Waals surface area contributed by atoms with E-state index in [4.69, 9.17) is 11.6 Å². The number of hydrogen-bond acceptors (Lipinski definition) is 3. The van der Waals surface area contributed by atoms with Crippen LogP contribution in [0.2, 0.25) is 5.02 Å². The Balaban J connectivity index is 0.00000300. The van der Waals surface area contributed by atoms with Crippen molar-refractivity contribution in [1.29, 1.82) is 0 Å². The highest BCUT2D eigenvalue weighted by Crippen LogP contribution is 2.23. The lowest BCUT2D eigenvalue weighted by atomic mass is 10.1. The molecule has 2 aliphatic rings. The Kier molecular flexibility index (Phi) is 9.15. The number of hydrogen-bond donors (Lipinski definition) is 1. The van der Waals surface area contributed by atoms with E-state index in [1.54, 1.807) is 7.05 Å². The van der Waals surface area contributed by atoms with Gasteiger partial charge in [-0.15, -0.1) is 24.0 Å². The average Bonchev–Trinajstić information content (AvgIpc) is 3.08. The SMILES string of the molecule is CN=C(NCC1CCN(CC(F)(F)F)C1)N1CCN(c2cccc(Cl)c2)CC1.I. The average molecular weight is 546 g/mol. The molecule has 1 atom stereocenters. The lowest BCUT2D eigenvalue weighted by Gasteiger charge is -2.38. The van der Waals surface area contributed by atoms with E-state index in [-0.39, 0.29) is 29.9 Å². The summed E-state index contributed by atoms with van der Waals surface area (Å²) in [6.07, 6.45) is -3.34. The predicted molar refractivity (Wildman–Crippen MR) is 123 cm³/mol. The largest absolute Gasteiger partial charge is 0.401 e. The summed E-state index contributed by atoms with van der Waals surface area (Å²) in [5.41, 5.74) is 1.12. The summed E-state index contributed by atoms with van der Waals surface area (Å²) in [7, 11) is 1.75. The predicted octanol–water partition coefficient (Wildman–Crippen LogP) is 3.54. The zero-order valence-corrected chi connectivity index (χ0v) is 19.5. The highest BCUT2D eigenvalue weighted by Gasteiger charge is 2.34. The van der Waals surface area contributed by atoms with E-state index < -0.39 is 12.7 Å². The van der Waals surface area contributed by atoms with Gasteiger partial charge in [0.05, 0.1) is 6.54 Å². The van der Waals surface area contributed by atoms with Gasteiger partial charge >= 0.3 is 6.18 Å². The van der Waals surface area contributed by atoms with E-state index in [0.717, 1.165) is 49.3 Å². The number of likely N-dealkylation sites (tertiary alicyclic amines) is 1. The van der Waals surface area contributed by atoms with Crippen LogP contribution in [0, 0.1) is 5.92 Å². The molecule has 10 heteroatoms. The molecule has 1 N–H and O–H groups in total. The van der Waals surface area contributed by atoms with Gasteiger partial charge in [0.1, 0.15) is 0 Å². The Morgan fingerprint density at radius 2 is 1.93 bits per heavy atom. The maximum absolute atomic E-state index is 12.5. The Bertz CT molecular complexity index is 680. The van der Waals surface area contributed by atoms with E-state index in [9.17, 15) is 13.2 Å². The summed E-state index contributed by atoms with van der Waals surface area (Å²) >= 11 is 6.08. The number of halogens is 5. The van der Waals surface area contributed by atoms with Gasteiger partial charge < -0.3 is 15.1 Å². The zero-order chi connectivity index (χ0) is 20.1. The van der Waals surface area contributed by atoms with Crippen molar-refractivity contribution in [2.24, 2.45) is 10.9 Å². The van der Waals surface area contributed by atoms with Crippen LogP contribution in [-0.4, -0.2) is 81.3 Å². The standard InChI is InChI=1S/C19H27ClF3N5.HI/c1-24-18(25-12-15-5-6-26(13-15)14-19(21,22)23)28-9-7-27(8-10-28)17-4-2-3-16(20)11-17;/h2-4,11,15H,5-10,12-14H2,1H3,(H,24,25);1H. The highest BCUT2D eigenvalue weighted by molar-refractivity contribution is 14.0. The number of nitrogens with zero attached hydrogens (tertiary/aromatic N) is 4. The van der Waals surface area contributed by atoms with Gasteiger partial charge in [-0.05, 0) is 37.1 Å². The summed E-state index contributed by atoms with van der Waals surface area (Å²) in [4.78, 5) is 10.3. The smallest absolute Gasteiger partial charge is 0.368 e. The van der Waals surface area contributed by atoms with Crippen LogP contribution in [0.4, 0.5) is 18.9 Å². The van der Waals surface area contributed by atoms with Crippen LogP contribution in [0.25, 0.3) is 0 Å². The molecule has 1 aromatic carbocycles. The van der Waals surface area contributed by atoms with Crippen molar-refractivity contribution >= 4 is 47.2 Å². The summed E-state index contributed by atoms with van der Waals surface area (Å²) < 4.78 is 37.6. The van der Waals surface area contributed by atoms with Crippen molar-refractivity contribution in [2.45, 2.75) is 12.6 Å². The second-order valence-corrected chi connectivity index (χ2v) is 7.82. The first-order chi connectivity index (χ1) is 13.3. The first kappa shape index (κ1) is 24.3. The van der Waals surface area contributed by atoms with Crippen LogP contribution >= 0.6 is 35.6 Å². The minimum absolute atomic E-state index is 0. The van der Waals surface area contributed by atoms with Crippen molar-refractivity contribution in [3.05, 3.63) is 29.3 Å². The molecule has 2 fully saturated rings. The topological polar surface area (TPSA) is 34.1 Å². The molecule has 3 rings (SSSR count). The van der Waals surface area contributed by atoms with Gasteiger partial charge in [0.2, 0.25) is 0 Å². The van der Waals surface area contributed by atoms with Gasteiger partial charge in [-0.2, -0.15) is 13.2 Å². The Morgan fingerprint density at radius 1 is 1.21 bits per heavy atom. The van der Waals surface area contributed by atoms with Crippen molar-refractivity contribution in [3.8, 4) is 0 Å². The van der Waals surface area contributed by atoms with Gasteiger partial charge in [0.15, 0.2) is 5.96 Å². The monoisotopic (exact) mass is 545 g/mol. The maximum Gasteiger partial charge on any atom is 0.401 e. The van der Waals surface area contributed by atoms with Gasteiger partial charge in [-0.3, -0.25) is 9.89 Å². The maximum atomic E-state index is 12.5. The summed E-state index contributed by atoms with van der Waals surface area (Å²) in [6.45, 7) is 4.20. The molecule has 2 saturated heterocycles. The fourth-order valence-corrected chi connectivity index (χ4v) is 4.08. The number of guanidine groups is 1. The first-order valence-corrected chi connectivity index (χ1v) is 9.97. The number of aliphatic imine (C=N–C) groups is 1. The van der Waals surface area contributed by atoms with Crippen LogP contribution in [-0.2, 0) is 0 Å². The van der Waals surface area contributed by atoms with E-state index in [2.05, 4.69) is 26.2 Å². The van der Waals surface area contributed by atoms with Gasteiger partial charge in [-0.1, -0.05) is 17.7 Å². The minimum atomic E-state index is -4.12. The molecular weight excluding hydrogens is 518 g/mol. The summed E-state index contributed by atoms with van der Waals surface area (Å²) in [6, 6.07) is 7.85. The second kappa shape index (κ2) is 10.9. The molecule has 0 bridgehead atoms. The molecular formula is C19H28ClF3IN5. The summed E-state index contributed by atoms with van der Waals surface area (Å²) in [5, 5.41) is 4.09. The van der Waals surface area contributed by atoms with Gasteiger partial charge in [-0.25, -0.2) is 0 Å². The lowest BCUT2D eigenvalue weighted by Crippen LogP contribution is -2.53. The molecule has 0 aromatic heterocycles. The van der Waals surface area contributed by atoms with Gasteiger partial charge in [0, 0.05) is 57.0 Å². The Morgan fingerprint density at radius 3 is 2.55 bits per heavy atom. The molecule has 0 radical (unpaired) electrons. The molecule has 5 nitrogen and oxygen atoms in total. The fourth-order valence-electron chi connectivity index (χ4n) is 3.89. The number of anilines is 1. The molecule has 1 unspecified atom stereocenters. The first-order valence-electron chi connectivity index (χ1n) is 9.59. The summed E-state index contributed by atoms with van der Waals surface area (Å²) in [5.74, 6) is 1.03. The van der Waals surface area contributed by atoms with Crippen molar-refractivity contribution in [1.82, 2.24) is 15.1 Å². The molecule has 29 heavy (non-hydrogen) atoms. The quantitative estimate of drug-likeness (QED) is 0.357.